The van der Waals surface area contributed by atoms with Gasteiger partial charge < -0.3 is 10.1 Å². The molecular formula is C15H15BrN2O. The monoisotopic (exact) mass is 318 g/mol. The van der Waals surface area contributed by atoms with E-state index in [1.807, 2.05) is 12.3 Å². The average molecular weight is 319 g/mol. The molecule has 1 aromatic heterocycles. The average Bonchev–Trinajstić information content (AvgIpc) is 2.87. The maximum atomic E-state index is 5.51. The third kappa shape index (κ3) is 2.73. The lowest BCUT2D eigenvalue weighted by atomic mass is 10.1. The smallest absolute Gasteiger partial charge is 0.126 e. The van der Waals surface area contributed by atoms with E-state index < -0.39 is 0 Å². The summed E-state index contributed by atoms with van der Waals surface area (Å²) >= 11 is 3.45. The number of nitrogens with one attached hydrogen (secondary N) is 1. The van der Waals surface area contributed by atoms with Gasteiger partial charge in [-0.2, -0.15) is 0 Å². The summed E-state index contributed by atoms with van der Waals surface area (Å²) < 4.78 is 6.54. The van der Waals surface area contributed by atoms with Crippen LogP contribution in [0.15, 0.2) is 34.9 Å². The van der Waals surface area contributed by atoms with Gasteiger partial charge in [-0.15, -0.1) is 0 Å². The molecular weight excluding hydrogens is 304 g/mol. The fourth-order valence-corrected chi connectivity index (χ4v) is 2.40. The number of pyridine rings is 1. The molecule has 2 aromatic rings. The first-order valence-electron chi connectivity index (χ1n) is 6.33. The Hall–Kier alpha value is -1.55. The van der Waals surface area contributed by atoms with Crippen molar-refractivity contribution >= 4 is 21.7 Å². The summed E-state index contributed by atoms with van der Waals surface area (Å²) in [6.45, 7) is 3.64. The molecule has 0 amide bonds. The normalized spacial score (nSPS) is 12.9. The molecule has 0 unspecified atom stereocenters. The van der Waals surface area contributed by atoms with Crippen molar-refractivity contribution in [2.45, 2.75) is 19.9 Å². The lowest BCUT2D eigenvalue weighted by Crippen LogP contribution is -2.02. The van der Waals surface area contributed by atoms with Crippen LogP contribution in [0.25, 0.3) is 0 Å². The van der Waals surface area contributed by atoms with Crippen LogP contribution in [0, 0.1) is 6.92 Å². The molecule has 2 heterocycles. The first kappa shape index (κ1) is 12.5. The van der Waals surface area contributed by atoms with Crippen LogP contribution in [0.4, 0.5) is 5.82 Å². The zero-order chi connectivity index (χ0) is 13.2. The molecule has 0 saturated carbocycles. The van der Waals surface area contributed by atoms with E-state index in [0.29, 0.717) is 0 Å². The van der Waals surface area contributed by atoms with E-state index in [0.717, 1.165) is 35.6 Å². The first-order chi connectivity index (χ1) is 9.22. The molecule has 0 aliphatic carbocycles. The van der Waals surface area contributed by atoms with Crippen molar-refractivity contribution in [2.24, 2.45) is 0 Å². The molecule has 0 atom stereocenters. The molecule has 98 valence electrons. The van der Waals surface area contributed by atoms with Gasteiger partial charge in [-0.05, 0) is 51.7 Å². The second-order valence-electron chi connectivity index (χ2n) is 4.71. The van der Waals surface area contributed by atoms with Gasteiger partial charge in [0, 0.05) is 23.6 Å². The Balaban J connectivity index is 1.70. The molecule has 1 aromatic carbocycles. The standard InChI is InChI=1S/C15H15BrN2O/c1-10-6-15(18-9-13(10)16)17-8-11-2-3-14-12(7-11)4-5-19-14/h2-3,6-7,9H,4-5,8H2,1H3,(H,17,18). The lowest BCUT2D eigenvalue weighted by molar-refractivity contribution is 0.357. The lowest BCUT2D eigenvalue weighted by Gasteiger charge is -2.08. The molecule has 3 rings (SSSR count). The summed E-state index contributed by atoms with van der Waals surface area (Å²) in [7, 11) is 0. The van der Waals surface area contributed by atoms with Crippen molar-refractivity contribution in [3.05, 3.63) is 51.6 Å². The Bertz CT molecular complexity index is 613. The largest absolute Gasteiger partial charge is 0.493 e. The third-order valence-electron chi connectivity index (χ3n) is 3.27. The van der Waals surface area contributed by atoms with Crippen LogP contribution in [0.5, 0.6) is 5.75 Å². The minimum Gasteiger partial charge on any atom is -0.493 e. The third-order valence-corrected chi connectivity index (χ3v) is 4.10. The summed E-state index contributed by atoms with van der Waals surface area (Å²) in [4.78, 5) is 4.34. The van der Waals surface area contributed by atoms with Crippen molar-refractivity contribution in [3.63, 3.8) is 0 Å². The van der Waals surface area contributed by atoms with Gasteiger partial charge in [0.2, 0.25) is 0 Å². The molecule has 1 aliphatic heterocycles. The van der Waals surface area contributed by atoms with Crippen LogP contribution in [-0.4, -0.2) is 11.6 Å². The van der Waals surface area contributed by atoms with E-state index in [4.69, 9.17) is 4.74 Å². The molecule has 1 aliphatic rings. The summed E-state index contributed by atoms with van der Waals surface area (Å²) in [5.41, 5.74) is 3.74. The second-order valence-corrected chi connectivity index (χ2v) is 5.57. The zero-order valence-corrected chi connectivity index (χ0v) is 12.3. The fraction of sp³-hybridized carbons (Fsp3) is 0.267. The van der Waals surface area contributed by atoms with Gasteiger partial charge in [0.05, 0.1) is 6.61 Å². The molecule has 3 nitrogen and oxygen atoms in total. The van der Waals surface area contributed by atoms with Crippen LogP contribution < -0.4 is 10.1 Å². The number of fused-ring (bicyclic) bond motifs is 1. The number of aryl methyl sites for hydroxylation is 1. The minimum absolute atomic E-state index is 0.779. The van der Waals surface area contributed by atoms with Gasteiger partial charge in [0.15, 0.2) is 0 Å². The molecule has 0 fully saturated rings. The predicted octanol–water partition coefficient (Wildman–Crippen LogP) is 3.70. The molecule has 4 heteroatoms. The first-order valence-corrected chi connectivity index (χ1v) is 7.12. The molecule has 0 bridgehead atoms. The summed E-state index contributed by atoms with van der Waals surface area (Å²) in [6.07, 6.45) is 2.84. The zero-order valence-electron chi connectivity index (χ0n) is 10.7. The van der Waals surface area contributed by atoms with Crippen molar-refractivity contribution in [3.8, 4) is 5.75 Å². The number of hydrogen-bond donors (Lipinski definition) is 1. The maximum Gasteiger partial charge on any atom is 0.126 e. The molecule has 0 radical (unpaired) electrons. The van der Waals surface area contributed by atoms with Crippen molar-refractivity contribution in [1.29, 1.82) is 0 Å². The molecule has 19 heavy (non-hydrogen) atoms. The van der Waals surface area contributed by atoms with Crippen LogP contribution in [-0.2, 0) is 13.0 Å². The second kappa shape index (κ2) is 5.21. The van der Waals surface area contributed by atoms with E-state index >= 15 is 0 Å². The van der Waals surface area contributed by atoms with Crippen LogP contribution >= 0.6 is 15.9 Å². The highest BCUT2D eigenvalue weighted by Gasteiger charge is 2.11. The van der Waals surface area contributed by atoms with Gasteiger partial charge in [0.1, 0.15) is 11.6 Å². The van der Waals surface area contributed by atoms with Crippen LogP contribution in [0.1, 0.15) is 16.7 Å². The highest BCUT2D eigenvalue weighted by molar-refractivity contribution is 9.10. The summed E-state index contributed by atoms with van der Waals surface area (Å²) in [6, 6.07) is 8.41. The highest BCUT2D eigenvalue weighted by Crippen LogP contribution is 2.26. The molecule has 1 N–H and O–H groups in total. The highest BCUT2D eigenvalue weighted by atomic mass is 79.9. The summed E-state index contributed by atoms with van der Waals surface area (Å²) in [5, 5.41) is 3.35. The Morgan fingerprint density at radius 2 is 2.26 bits per heavy atom. The number of nitrogens with zero attached hydrogens (tertiary/aromatic N) is 1. The van der Waals surface area contributed by atoms with E-state index in [2.05, 4.69) is 51.4 Å². The Morgan fingerprint density at radius 3 is 3.11 bits per heavy atom. The predicted molar refractivity (Wildman–Crippen MR) is 79.6 cm³/mol. The number of benzene rings is 1. The topological polar surface area (TPSA) is 34.1 Å². The maximum absolute atomic E-state index is 5.51. The van der Waals surface area contributed by atoms with E-state index in [1.54, 1.807) is 0 Å². The molecule has 0 spiro atoms. The van der Waals surface area contributed by atoms with Crippen molar-refractivity contribution in [2.75, 3.05) is 11.9 Å². The quantitative estimate of drug-likeness (QED) is 0.937. The van der Waals surface area contributed by atoms with Gasteiger partial charge in [-0.25, -0.2) is 4.98 Å². The van der Waals surface area contributed by atoms with Gasteiger partial charge >= 0.3 is 0 Å². The van der Waals surface area contributed by atoms with Gasteiger partial charge in [-0.3, -0.25) is 0 Å². The van der Waals surface area contributed by atoms with Crippen molar-refractivity contribution in [1.82, 2.24) is 4.98 Å². The molecule has 0 saturated heterocycles. The van der Waals surface area contributed by atoms with Gasteiger partial charge in [0.25, 0.3) is 0 Å². The van der Waals surface area contributed by atoms with Crippen molar-refractivity contribution < 1.29 is 4.74 Å². The van der Waals surface area contributed by atoms with Crippen LogP contribution in [0.3, 0.4) is 0 Å². The van der Waals surface area contributed by atoms with E-state index in [-0.39, 0.29) is 0 Å². The van der Waals surface area contributed by atoms with Gasteiger partial charge in [-0.1, -0.05) is 12.1 Å². The van der Waals surface area contributed by atoms with E-state index in [9.17, 15) is 0 Å². The number of halogens is 1. The number of anilines is 1. The summed E-state index contributed by atoms with van der Waals surface area (Å²) in [5.74, 6) is 1.93. The Kier molecular flexibility index (Phi) is 3.42. The number of ether oxygens (including phenoxy) is 1. The minimum atomic E-state index is 0.779. The Labute approximate surface area is 121 Å². The Morgan fingerprint density at radius 1 is 1.37 bits per heavy atom. The number of aromatic nitrogens is 1. The number of hydrogen-bond acceptors (Lipinski definition) is 3. The fourth-order valence-electron chi connectivity index (χ4n) is 2.18. The van der Waals surface area contributed by atoms with E-state index in [1.165, 1.54) is 16.7 Å². The number of rotatable bonds is 3. The van der Waals surface area contributed by atoms with Crippen LogP contribution in [0.2, 0.25) is 0 Å². The SMILES string of the molecule is Cc1cc(NCc2ccc3c(c2)CCO3)ncc1Br.